The highest BCUT2D eigenvalue weighted by molar-refractivity contribution is 7.89. The fraction of sp³-hybridized carbons (Fsp3) is 0.500. The standard InChI is InChI=1S/C18H23N3O3S/c1-20-16-10-12-24-13-15(16)18(19-20)17-9-5-6-11-21(17)25(22,23)14-7-3-2-4-8-14/h2-4,7-8,17H,5-6,9-13H2,1H3. The van der Waals surface area contributed by atoms with Crippen molar-refractivity contribution >= 4 is 10.0 Å². The Morgan fingerprint density at radius 3 is 2.80 bits per heavy atom. The number of benzene rings is 1. The van der Waals surface area contributed by atoms with E-state index in [9.17, 15) is 8.42 Å². The Labute approximate surface area is 148 Å². The molecule has 0 radical (unpaired) electrons. The predicted molar refractivity (Wildman–Crippen MR) is 93.5 cm³/mol. The fourth-order valence-corrected chi connectivity index (χ4v) is 5.58. The molecule has 0 aliphatic carbocycles. The van der Waals surface area contributed by atoms with Gasteiger partial charge in [-0.1, -0.05) is 24.6 Å². The summed E-state index contributed by atoms with van der Waals surface area (Å²) in [6, 6.07) is 8.48. The Kier molecular flexibility index (Phi) is 4.39. The molecule has 6 nitrogen and oxygen atoms in total. The van der Waals surface area contributed by atoms with E-state index in [2.05, 4.69) is 0 Å². The molecule has 25 heavy (non-hydrogen) atoms. The molecule has 0 spiro atoms. The summed E-state index contributed by atoms with van der Waals surface area (Å²) >= 11 is 0. The van der Waals surface area contributed by atoms with E-state index in [0.29, 0.717) is 24.7 Å². The van der Waals surface area contributed by atoms with Crippen LogP contribution in [0.3, 0.4) is 0 Å². The Bertz CT molecular complexity index is 861. The number of rotatable bonds is 3. The summed E-state index contributed by atoms with van der Waals surface area (Å²) in [4.78, 5) is 0.350. The van der Waals surface area contributed by atoms with Gasteiger partial charge in [0.2, 0.25) is 10.0 Å². The van der Waals surface area contributed by atoms with Crippen molar-refractivity contribution in [3.63, 3.8) is 0 Å². The highest BCUT2D eigenvalue weighted by Gasteiger charge is 2.38. The van der Waals surface area contributed by atoms with Gasteiger partial charge in [-0.15, -0.1) is 0 Å². The van der Waals surface area contributed by atoms with Gasteiger partial charge in [0.25, 0.3) is 0 Å². The van der Waals surface area contributed by atoms with Crippen LogP contribution in [0, 0.1) is 0 Å². The third kappa shape index (κ3) is 2.90. The van der Waals surface area contributed by atoms with Crippen molar-refractivity contribution in [2.75, 3.05) is 13.2 Å². The van der Waals surface area contributed by atoms with Crippen LogP contribution in [0.2, 0.25) is 0 Å². The molecule has 1 atom stereocenters. The number of aromatic nitrogens is 2. The maximum absolute atomic E-state index is 13.2. The molecular weight excluding hydrogens is 338 g/mol. The average Bonchev–Trinajstić information content (AvgIpc) is 2.99. The summed E-state index contributed by atoms with van der Waals surface area (Å²) < 4.78 is 35.6. The van der Waals surface area contributed by atoms with Crippen molar-refractivity contribution < 1.29 is 13.2 Å². The quantitative estimate of drug-likeness (QED) is 0.842. The molecule has 3 heterocycles. The number of nitrogens with zero attached hydrogens (tertiary/aromatic N) is 3. The van der Waals surface area contributed by atoms with Crippen molar-refractivity contribution in [1.82, 2.24) is 14.1 Å². The molecular formula is C18H23N3O3S. The van der Waals surface area contributed by atoms with Gasteiger partial charge in [-0.25, -0.2) is 8.42 Å². The van der Waals surface area contributed by atoms with Crippen LogP contribution in [0.25, 0.3) is 0 Å². The summed E-state index contributed by atoms with van der Waals surface area (Å²) in [5, 5.41) is 4.70. The van der Waals surface area contributed by atoms with E-state index in [1.807, 2.05) is 17.8 Å². The van der Waals surface area contributed by atoms with E-state index < -0.39 is 10.0 Å². The van der Waals surface area contributed by atoms with E-state index in [-0.39, 0.29) is 6.04 Å². The molecule has 7 heteroatoms. The number of ether oxygens (including phenoxy) is 1. The molecule has 1 aromatic heterocycles. The highest BCUT2D eigenvalue weighted by atomic mass is 32.2. The van der Waals surface area contributed by atoms with Gasteiger partial charge in [0.15, 0.2) is 0 Å². The zero-order valence-corrected chi connectivity index (χ0v) is 15.2. The van der Waals surface area contributed by atoms with Crippen LogP contribution >= 0.6 is 0 Å². The van der Waals surface area contributed by atoms with Crippen molar-refractivity contribution in [1.29, 1.82) is 0 Å². The zero-order chi connectivity index (χ0) is 17.4. The lowest BCUT2D eigenvalue weighted by Crippen LogP contribution is -2.39. The fourth-order valence-electron chi connectivity index (χ4n) is 3.90. The topological polar surface area (TPSA) is 64.4 Å². The Balaban J connectivity index is 1.76. The van der Waals surface area contributed by atoms with Gasteiger partial charge in [0.05, 0.1) is 29.8 Å². The Hall–Kier alpha value is -1.70. The molecule has 0 amide bonds. The lowest BCUT2D eigenvalue weighted by atomic mass is 9.97. The molecule has 1 aromatic carbocycles. The monoisotopic (exact) mass is 361 g/mol. The molecule has 0 bridgehead atoms. The zero-order valence-electron chi connectivity index (χ0n) is 14.4. The predicted octanol–water partition coefficient (Wildman–Crippen LogP) is 2.41. The van der Waals surface area contributed by atoms with Crippen LogP contribution in [-0.2, 0) is 34.8 Å². The van der Waals surface area contributed by atoms with Gasteiger partial charge >= 0.3 is 0 Å². The number of sulfonamides is 1. The first kappa shape index (κ1) is 16.8. The van der Waals surface area contributed by atoms with E-state index in [0.717, 1.165) is 36.9 Å². The molecule has 0 N–H and O–H groups in total. The SMILES string of the molecule is Cn1nc(C2CCCCN2S(=O)(=O)c2ccccc2)c2c1CCOC2. The molecule has 134 valence electrons. The number of hydrogen-bond donors (Lipinski definition) is 0. The van der Waals surface area contributed by atoms with Gasteiger partial charge in [0.1, 0.15) is 0 Å². The average molecular weight is 361 g/mol. The number of piperidine rings is 1. The van der Waals surface area contributed by atoms with E-state index in [4.69, 9.17) is 9.84 Å². The molecule has 1 saturated heterocycles. The van der Waals surface area contributed by atoms with E-state index in [1.165, 1.54) is 5.69 Å². The normalized spacial score (nSPS) is 21.9. The van der Waals surface area contributed by atoms with Gasteiger partial charge in [-0.05, 0) is 25.0 Å². The van der Waals surface area contributed by atoms with Crippen LogP contribution < -0.4 is 0 Å². The molecule has 2 aromatic rings. The van der Waals surface area contributed by atoms with Gasteiger partial charge < -0.3 is 4.74 Å². The molecule has 4 rings (SSSR count). The number of fused-ring (bicyclic) bond motifs is 1. The van der Waals surface area contributed by atoms with E-state index in [1.54, 1.807) is 28.6 Å². The lowest BCUT2D eigenvalue weighted by Gasteiger charge is -2.34. The largest absolute Gasteiger partial charge is 0.376 e. The van der Waals surface area contributed by atoms with Crippen LogP contribution in [0.1, 0.15) is 42.3 Å². The summed E-state index contributed by atoms with van der Waals surface area (Å²) in [7, 11) is -1.60. The molecule has 1 unspecified atom stereocenters. The summed E-state index contributed by atoms with van der Waals surface area (Å²) in [6.45, 7) is 1.75. The van der Waals surface area contributed by atoms with Crippen molar-refractivity contribution in [2.45, 2.75) is 43.2 Å². The minimum absolute atomic E-state index is 0.212. The van der Waals surface area contributed by atoms with Crippen molar-refractivity contribution in [3.8, 4) is 0 Å². The minimum atomic E-state index is -3.53. The van der Waals surface area contributed by atoms with Gasteiger partial charge in [-0.3, -0.25) is 4.68 Å². The van der Waals surface area contributed by atoms with Crippen LogP contribution in [0.4, 0.5) is 0 Å². The van der Waals surface area contributed by atoms with Gasteiger partial charge in [-0.2, -0.15) is 9.40 Å². The third-order valence-corrected chi connectivity index (χ3v) is 7.08. The molecule has 2 aliphatic heterocycles. The van der Waals surface area contributed by atoms with Gasteiger partial charge in [0, 0.05) is 31.3 Å². The Morgan fingerprint density at radius 1 is 1.20 bits per heavy atom. The molecule has 2 aliphatic rings. The van der Waals surface area contributed by atoms with E-state index >= 15 is 0 Å². The van der Waals surface area contributed by atoms with Crippen molar-refractivity contribution in [2.24, 2.45) is 7.05 Å². The van der Waals surface area contributed by atoms with Crippen LogP contribution in [-0.4, -0.2) is 35.7 Å². The Morgan fingerprint density at radius 2 is 2.00 bits per heavy atom. The number of aryl methyl sites for hydroxylation is 1. The minimum Gasteiger partial charge on any atom is -0.376 e. The number of hydrogen-bond acceptors (Lipinski definition) is 4. The second-order valence-electron chi connectivity index (χ2n) is 6.68. The second-order valence-corrected chi connectivity index (χ2v) is 8.57. The maximum atomic E-state index is 13.2. The summed E-state index contributed by atoms with van der Waals surface area (Å²) in [5.74, 6) is 0. The summed E-state index contributed by atoms with van der Waals surface area (Å²) in [6.07, 6.45) is 3.53. The van der Waals surface area contributed by atoms with Crippen molar-refractivity contribution in [3.05, 3.63) is 47.3 Å². The summed E-state index contributed by atoms with van der Waals surface area (Å²) in [5.41, 5.74) is 3.12. The second kappa shape index (κ2) is 6.55. The lowest BCUT2D eigenvalue weighted by molar-refractivity contribution is 0.107. The first-order valence-electron chi connectivity index (χ1n) is 8.78. The molecule has 0 saturated carbocycles. The molecule has 1 fully saturated rings. The van der Waals surface area contributed by atoms with Crippen LogP contribution in [0.15, 0.2) is 35.2 Å². The smallest absolute Gasteiger partial charge is 0.243 e. The van der Waals surface area contributed by atoms with Crippen LogP contribution in [0.5, 0.6) is 0 Å². The third-order valence-electron chi connectivity index (χ3n) is 5.15. The first-order chi connectivity index (χ1) is 12.1. The maximum Gasteiger partial charge on any atom is 0.243 e. The highest BCUT2D eigenvalue weighted by Crippen LogP contribution is 2.38. The first-order valence-corrected chi connectivity index (χ1v) is 10.2.